The Kier molecular flexibility index (Phi) is 5.05. The van der Waals surface area contributed by atoms with Crippen LogP contribution in [0.5, 0.6) is 0 Å². The molecule has 0 aliphatic heterocycles. The van der Waals surface area contributed by atoms with E-state index in [2.05, 4.69) is 33.0 Å². The molecule has 2 aromatic carbocycles. The number of anilines is 1. The van der Waals surface area contributed by atoms with Crippen molar-refractivity contribution < 1.29 is 4.39 Å². The molecule has 0 saturated carbocycles. The molecule has 130 valence electrons. The summed E-state index contributed by atoms with van der Waals surface area (Å²) in [5, 5.41) is 0.563. The van der Waals surface area contributed by atoms with Crippen LogP contribution in [0.15, 0.2) is 41.2 Å². The zero-order valence-corrected chi connectivity index (χ0v) is 16.0. The zero-order valence-electron chi connectivity index (χ0n) is 13.9. The lowest BCUT2D eigenvalue weighted by atomic mass is 10.1. The molecule has 25 heavy (non-hydrogen) atoms. The molecule has 0 aliphatic carbocycles. The fourth-order valence-electron chi connectivity index (χ4n) is 2.71. The molecule has 7 heteroatoms. The molecule has 1 aromatic heterocycles. The lowest BCUT2D eigenvalue weighted by Crippen LogP contribution is -2.34. The van der Waals surface area contributed by atoms with Gasteiger partial charge in [0.1, 0.15) is 11.6 Å². The molecule has 0 unspecified atom stereocenters. The van der Waals surface area contributed by atoms with Gasteiger partial charge in [-0.25, -0.2) is 14.1 Å². The highest BCUT2D eigenvalue weighted by molar-refractivity contribution is 14.1. The topological polar surface area (TPSA) is 72.9 Å². The third-order valence-electron chi connectivity index (χ3n) is 3.98. The van der Waals surface area contributed by atoms with E-state index in [-0.39, 0.29) is 11.4 Å². The molecule has 0 fully saturated rings. The number of nitrogens with two attached hydrogens (primary N) is 1. The summed E-state index contributed by atoms with van der Waals surface area (Å²) in [5.74, 6) is 0.0958. The Morgan fingerprint density at radius 3 is 2.76 bits per heavy atom. The fraction of sp³-hybridized carbons (Fsp3) is 0.222. The van der Waals surface area contributed by atoms with E-state index in [9.17, 15) is 9.18 Å². The highest BCUT2D eigenvalue weighted by Crippen LogP contribution is 2.20. The number of fused-ring (bicyclic) bond motifs is 1. The number of nitrogens with zero attached hydrogens (tertiary/aromatic N) is 2. The first-order valence-corrected chi connectivity index (χ1v) is 9.34. The summed E-state index contributed by atoms with van der Waals surface area (Å²) >= 11 is 2.22. The monoisotopic (exact) mass is 452 g/mol. The van der Waals surface area contributed by atoms with Gasteiger partial charge in [0.05, 0.1) is 22.6 Å². The van der Waals surface area contributed by atoms with Crippen molar-refractivity contribution >= 4 is 39.2 Å². The second kappa shape index (κ2) is 7.09. The van der Waals surface area contributed by atoms with Crippen LogP contribution in [0.4, 0.5) is 10.1 Å². The molecule has 0 saturated heterocycles. The molecular weight excluding hydrogens is 434 g/mol. The molecule has 0 bridgehead atoms. The maximum Gasteiger partial charge on any atom is 0.280 e. The van der Waals surface area contributed by atoms with Crippen molar-refractivity contribution in [3.8, 4) is 0 Å². The number of benzene rings is 2. The van der Waals surface area contributed by atoms with E-state index in [0.717, 1.165) is 5.56 Å². The van der Waals surface area contributed by atoms with Gasteiger partial charge in [-0.05, 0) is 49.2 Å². The third kappa shape index (κ3) is 3.38. The van der Waals surface area contributed by atoms with Crippen LogP contribution in [0.3, 0.4) is 0 Å². The summed E-state index contributed by atoms with van der Waals surface area (Å²) in [6.07, 6.45) is 0. The van der Waals surface area contributed by atoms with Gasteiger partial charge in [0.25, 0.3) is 5.56 Å². The fourth-order valence-corrected chi connectivity index (χ4v) is 3.35. The summed E-state index contributed by atoms with van der Waals surface area (Å²) in [4.78, 5) is 17.7. The van der Waals surface area contributed by atoms with E-state index in [1.54, 1.807) is 19.9 Å². The summed E-state index contributed by atoms with van der Waals surface area (Å²) in [6.45, 7) is 3.54. The van der Waals surface area contributed by atoms with Crippen molar-refractivity contribution in [3.63, 3.8) is 0 Å². The number of nitrogens with one attached hydrogen (secondary N) is 1. The van der Waals surface area contributed by atoms with Crippen LogP contribution >= 0.6 is 22.6 Å². The molecule has 3 rings (SSSR count). The highest BCUT2D eigenvalue weighted by atomic mass is 127. The van der Waals surface area contributed by atoms with Gasteiger partial charge in [-0.2, -0.15) is 0 Å². The number of aryl methyl sites for hydroxylation is 1. The van der Waals surface area contributed by atoms with Crippen molar-refractivity contribution in [2.24, 2.45) is 5.73 Å². The van der Waals surface area contributed by atoms with E-state index in [4.69, 9.17) is 5.73 Å². The third-order valence-corrected chi connectivity index (χ3v) is 4.80. The smallest absolute Gasteiger partial charge is 0.280 e. The van der Waals surface area contributed by atoms with Gasteiger partial charge >= 0.3 is 0 Å². The quantitative estimate of drug-likeness (QED) is 0.468. The maximum absolute atomic E-state index is 13.4. The van der Waals surface area contributed by atoms with E-state index in [0.29, 0.717) is 32.4 Å². The molecule has 0 radical (unpaired) electrons. The van der Waals surface area contributed by atoms with Crippen LogP contribution in [0.1, 0.15) is 29.9 Å². The largest absolute Gasteiger partial charge is 0.322 e. The minimum Gasteiger partial charge on any atom is -0.322 e. The maximum atomic E-state index is 13.4. The summed E-state index contributed by atoms with van der Waals surface area (Å²) in [6, 6.07) is 9.50. The molecule has 0 spiro atoms. The average molecular weight is 452 g/mol. The number of hydrogen-bond acceptors (Lipinski definition) is 4. The Morgan fingerprint density at radius 1 is 1.36 bits per heavy atom. The number of aromatic nitrogens is 2. The van der Waals surface area contributed by atoms with Gasteiger partial charge in [-0.15, -0.1) is 0 Å². The van der Waals surface area contributed by atoms with Crippen LogP contribution in [-0.4, -0.2) is 9.66 Å². The van der Waals surface area contributed by atoms with Crippen LogP contribution < -0.4 is 16.7 Å². The highest BCUT2D eigenvalue weighted by Gasteiger charge is 2.17. The van der Waals surface area contributed by atoms with Gasteiger partial charge < -0.3 is 5.73 Å². The Labute approximate surface area is 158 Å². The lowest BCUT2D eigenvalue weighted by Gasteiger charge is -2.19. The number of hydrogen-bond donors (Lipinski definition) is 2. The molecule has 5 nitrogen and oxygen atoms in total. The summed E-state index contributed by atoms with van der Waals surface area (Å²) < 4.78 is 15.4. The Hall–Kier alpha value is -2.00. The Morgan fingerprint density at radius 2 is 2.12 bits per heavy atom. The lowest BCUT2D eigenvalue weighted by molar-refractivity contribution is 0.626. The molecule has 3 N–H and O–H groups in total. The predicted molar refractivity (Wildman–Crippen MR) is 106 cm³/mol. The Bertz CT molecular complexity index is 1000. The molecular formula is C18H18FIN4O. The second-order valence-corrected chi connectivity index (χ2v) is 6.68. The van der Waals surface area contributed by atoms with Gasteiger partial charge in [0.2, 0.25) is 0 Å². The molecule has 0 amide bonds. The van der Waals surface area contributed by atoms with Crippen molar-refractivity contribution in [1.82, 2.24) is 9.66 Å². The first-order valence-electron chi connectivity index (χ1n) is 7.81. The minimum absolute atomic E-state index is 0.215. The SMILES string of the molecule is Cc1cc(F)ccc1Nn1c([C@H](C)N)nc2cccc(CI)c2c1=O. The van der Waals surface area contributed by atoms with Crippen molar-refractivity contribution in [2.75, 3.05) is 5.43 Å². The van der Waals surface area contributed by atoms with Gasteiger partial charge in [0, 0.05) is 4.43 Å². The van der Waals surface area contributed by atoms with E-state index < -0.39 is 6.04 Å². The van der Waals surface area contributed by atoms with Crippen LogP contribution in [0.2, 0.25) is 0 Å². The van der Waals surface area contributed by atoms with Crippen molar-refractivity contribution in [1.29, 1.82) is 0 Å². The van der Waals surface area contributed by atoms with Gasteiger partial charge in [-0.3, -0.25) is 10.2 Å². The van der Waals surface area contributed by atoms with Crippen molar-refractivity contribution in [3.05, 3.63) is 69.5 Å². The standard InChI is InChI=1S/C18H18FIN4O/c1-10-8-13(19)6-7-14(10)23-24-17(11(2)21)22-15-5-3-4-12(9-20)16(15)18(24)25/h3-8,11,23H,9,21H2,1-2H3/t11-/m0/s1. The average Bonchev–Trinajstić information content (AvgIpc) is 2.58. The first kappa shape index (κ1) is 17.8. The molecule has 1 atom stereocenters. The first-order chi connectivity index (χ1) is 11.9. The Balaban J connectivity index is 2.26. The molecule has 0 aliphatic rings. The van der Waals surface area contributed by atoms with E-state index in [1.807, 2.05) is 18.2 Å². The normalized spacial score (nSPS) is 12.4. The summed E-state index contributed by atoms with van der Waals surface area (Å²) in [5.41, 5.74) is 11.7. The second-order valence-electron chi connectivity index (χ2n) is 5.92. The van der Waals surface area contributed by atoms with Crippen molar-refractivity contribution in [2.45, 2.75) is 24.3 Å². The van der Waals surface area contributed by atoms with E-state index >= 15 is 0 Å². The predicted octanol–water partition coefficient (Wildman–Crippen LogP) is 3.67. The van der Waals surface area contributed by atoms with Crippen LogP contribution in [0.25, 0.3) is 10.9 Å². The van der Waals surface area contributed by atoms with Gasteiger partial charge in [-0.1, -0.05) is 34.7 Å². The zero-order chi connectivity index (χ0) is 18.1. The minimum atomic E-state index is -0.450. The van der Waals surface area contributed by atoms with Crippen LogP contribution in [0, 0.1) is 12.7 Å². The number of halogens is 2. The van der Waals surface area contributed by atoms with Crippen LogP contribution in [-0.2, 0) is 4.43 Å². The number of alkyl halides is 1. The summed E-state index contributed by atoms with van der Waals surface area (Å²) in [7, 11) is 0. The molecule has 1 heterocycles. The number of rotatable bonds is 4. The van der Waals surface area contributed by atoms with E-state index in [1.165, 1.54) is 16.8 Å². The van der Waals surface area contributed by atoms with Gasteiger partial charge in [0.15, 0.2) is 0 Å². The molecule has 3 aromatic rings.